The summed E-state index contributed by atoms with van der Waals surface area (Å²) >= 11 is 0. The summed E-state index contributed by atoms with van der Waals surface area (Å²) < 4.78 is 26.1. The van der Waals surface area contributed by atoms with Crippen LogP contribution >= 0.6 is 0 Å². The molecule has 0 saturated carbocycles. The minimum atomic E-state index is -3.30. The highest BCUT2D eigenvalue weighted by Gasteiger charge is 2.27. The van der Waals surface area contributed by atoms with Gasteiger partial charge in [-0.3, -0.25) is 4.31 Å². The molecule has 0 amide bonds. The van der Waals surface area contributed by atoms with Crippen molar-refractivity contribution in [2.24, 2.45) is 5.41 Å². The van der Waals surface area contributed by atoms with Crippen molar-refractivity contribution in [1.82, 2.24) is 0 Å². The van der Waals surface area contributed by atoms with Crippen LogP contribution in [0.4, 0.5) is 11.4 Å². The number of sulfonamides is 1. The van der Waals surface area contributed by atoms with E-state index in [2.05, 4.69) is 0 Å². The minimum Gasteiger partial charge on any atom is -0.399 e. The minimum absolute atomic E-state index is 0.123. The summed E-state index contributed by atoms with van der Waals surface area (Å²) in [4.78, 5) is 0. The first-order valence-electron chi connectivity index (χ1n) is 6.02. The van der Waals surface area contributed by atoms with Crippen LogP contribution < -0.4 is 10.0 Å². The van der Waals surface area contributed by atoms with Gasteiger partial charge in [0, 0.05) is 12.2 Å². The highest BCUT2D eigenvalue weighted by atomic mass is 32.2. The predicted molar refractivity (Wildman–Crippen MR) is 77.1 cm³/mol. The summed E-state index contributed by atoms with van der Waals surface area (Å²) in [6.45, 7) is 8.00. The number of nitrogen functional groups attached to an aromatic ring is 1. The highest BCUT2D eigenvalue weighted by molar-refractivity contribution is 7.92. The third kappa shape index (κ3) is 3.91. The van der Waals surface area contributed by atoms with Crippen molar-refractivity contribution < 1.29 is 8.42 Å². The maximum Gasteiger partial charge on any atom is 0.235 e. The van der Waals surface area contributed by atoms with Gasteiger partial charge in [0.05, 0.1) is 11.4 Å². The van der Waals surface area contributed by atoms with Gasteiger partial charge in [-0.05, 0) is 36.6 Å². The van der Waals surface area contributed by atoms with Crippen LogP contribution in [0.25, 0.3) is 0 Å². The molecule has 0 aromatic heterocycles. The molecule has 0 spiro atoms. The van der Waals surface area contributed by atoms with E-state index in [1.165, 1.54) is 4.31 Å². The molecule has 18 heavy (non-hydrogen) atoms. The van der Waals surface area contributed by atoms with Gasteiger partial charge in [-0.1, -0.05) is 20.8 Å². The SMILES string of the molecule is CCN(c1ccc(N)cc1)S(=O)(=O)CC(C)(C)C. The standard InChI is InChI=1S/C13H22N2O2S/c1-5-15(12-8-6-11(14)7-9-12)18(16,17)10-13(2,3)4/h6-9H,5,10,14H2,1-4H3. The topological polar surface area (TPSA) is 63.4 Å². The zero-order valence-electron chi connectivity index (χ0n) is 11.5. The van der Waals surface area contributed by atoms with Gasteiger partial charge < -0.3 is 5.73 Å². The lowest BCUT2D eigenvalue weighted by Gasteiger charge is -2.27. The summed E-state index contributed by atoms with van der Waals surface area (Å²) in [5.41, 5.74) is 6.64. The van der Waals surface area contributed by atoms with E-state index in [1.807, 2.05) is 27.7 Å². The zero-order valence-corrected chi connectivity index (χ0v) is 12.3. The molecule has 1 aromatic rings. The zero-order chi connectivity index (χ0) is 14.0. The van der Waals surface area contributed by atoms with E-state index >= 15 is 0 Å². The van der Waals surface area contributed by atoms with E-state index in [4.69, 9.17) is 5.73 Å². The Morgan fingerprint density at radius 3 is 2.06 bits per heavy atom. The number of hydrogen-bond donors (Lipinski definition) is 1. The van der Waals surface area contributed by atoms with Crippen LogP contribution in [0, 0.1) is 5.41 Å². The lowest BCUT2D eigenvalue weighted by atomic mass is 10.0. The molecule has 0 aliphatic heterocycles. The molecule has 0 heterocycles. The van der Waals surface area contributed by atoms with Gasteiger partial charge in [-0.2, -0.15) is 0 Å². The van der Waals surface area contributed by atoms with Crippen LogP contribution in [0.15, 0.2) is 24.3 Å². The van der Waals surface area contributed by atoms with E-state index in [9.17, 15) is 8.42 Å². The highest BCUT2D eigenvalue weighted by Crippen LogP contribution is 2.24. The maximum absolute atomic E-state index is 12.4. The number of hydrogen-bond acceptors (Lipinski definition) is 3. The predicted octanol–water partition coefficient (Wildman–Crippen LogP) is 2.47. The summed E-state index contributed by atoms with van der Waals surface area (Å²) in [5, 5.41) is 0. The average molecular weight is 270 g/mol. The molecule has 5 heteroatoms. The molecule has 0 fully saturated rings. The quantitative estimate of drug-likeness (QED) is 0.855. The van der Waals surface area contributed by atoms with Gasteiger partial charge in [0.15, 0.2) is 0 Å². The Morgan fingerprint density at radius 1 is 1.17 bits per heavy atom. The summed E-state index contributed by atoms with van der Waals surface area (Å²) in [6.07, 6.45) is 0. The molecule has 1 rings (SSSR count). The van der Waals surface area contributed by atoms with Gasteiger partial charge in [-0.15, -0.1) is 0 Å². The van der Waals surface area contributed by atoms with E-state index < -0.39 is 10.0 Å². The van der Waals surface area contributed by atoms with Crippen LogP contribution in [0.1, 0.15) is 27.7 Å². The second-order valence-electron chi connectivity index (χ2n) is 5.57. The third-order valence-electron chi connectivity index (χ3n) is 2.42. The van der Waals surface area contributed by atoms with Gasteiger partial charge in [0.1, 0.15) is 0 Å². The monoisotopic (exact) mass is 270 g/mol. The normalized spacial score (nSPS) is 12.4. The van der Waals surface area contributed by atoms with Crippen molar-refractivity contribution in [3.63, 3.8) is 0 Å². The number of rotatable bonds is 4. The summed E-state index contributed by atoms with van der Waals surface area (Å²) in [5.74, 6) is 0.123. The lowest BCUT2D eigenvalue weighted by Crippen LogP contribution is -2.36. The fraction of sp³-hybridized carbons (Fsp3) is 0.538. The first kappa shape index (κ1) is 14.8. The molecule has 0 saturated heterocycles. The van der Waals surface area contributed by atoms with Crippen LogP contribution in [0.3, 0.4) is 0 Å². The molecule has 2 N–H and O–H groups in total. The Hall–Kier alpha value is -1.23. The van der Waals surface area contributed by atoms with Gasteiger partial charge in [0.25, 0.3) is 0 Å². The van der Waals surface area contributed by atoms with Crippen LogP contribution in [0.5, 0.6) is 0 Å². The number of benzene rings is 1. The van der Waals surface area contributed by atoms with Crippen LogP contribution in [0.2, 0.25) is 0 Å². The first-order chi connectivity index (χ1) is 8.15. The maximum atomic E-state index is 12.4. The largest absolute Gasteiger partial charge is 0.399 e. The van der Waals surface area contributed by atoms with E-state index in [0.717, 1.165) is 0 Å². The second-order valence-corrected chi connectivity index (χ2v) is 7.47. The van der Waals surface area contributed by atoms with Crippen molar-refractivity contribution in [3.8, 4) is 0 Å². The van der Waals surface area contributed by atoms with Crippen molar-refractivity contribution >= 4 is 21.4 Å². The van der Waals surface area contributed by atoms with Gasteiger partial charge in [-0.25, -0.2) is 8.42 Å². The molecule has 0 bridgehead atoms. The Kier molecular flexibility index (Phi) is 4.27. The van der Waals surface area contributed by atoms with Gasteiger partial charge >= 0.3 is 0 Å². The lowest BCUT2D eigenvalue weighted by molar-refractivity contribution is 0.461. The average Bonchev–Trinajstić information content (AvgIpc) is 2.17. The third-order valence-corrected chi connectivity index (χ3v) is 4.79. The number of anilines is 2. The fourth-order valence-electron chi connectivity index (χ4n) is 1.81. The first-order valence-corrected chi connectivity index (χ1v) is 7.62. The Labute approximate surface area is 110 Å². The molecule has 4 nitrogen and oxygen atoms in total. The summed E-state index contributed by atoms with van der Waals surface area (Å²) in [6, 6.07) is 6.90. The van der Waals surface area contributed by atoms with Gasteiger partial charge in [0.2, 0.25) is 10.0 Å². The number of nitrogens with zero attached hydrogens (tertiary/aromatic N) is 1. The van der Waals surface area contributed by atoms with E-state index in [1.54, 1.807) is 24.3 Å². The van der Waals surface area contributed by atoms with Crippen molar-refractivity contribution in [1.29, 1.82) is 0 Å². The van der Waals surface area contributed by atoms with E-state index in [0.29, 0.717) is 17.9 Å². The van der Waals surface area contributed by atoms with Crippen molar-refractivity contribution in [2.75, 3.05) is 22.3 Å². The number of nitrogens with two attached hydrogens (primary N) is 1. The molecule has 0 aliphatic rings. The van der Waals surface area contributed by atoms with E-state index in [-0.39, 0.29) is 11.2 Å². The van der Waals surface area contributed by atoms with Crippen molar-refractivity contribution in [3.05, 3.63) is 24.3 Å². The molecular formula is C13H22N2O2S. The fourth-order valence-corrected chi connectivity index (χ4v) is 3.89. The Balaban J connectivity index is 3.07. The Morgan fingerprint density at radius 2 is 1.67 bits per heavy atom. The molecular weight excluding hydrogens is 248 g/mol. The smallest absolute Gasteiger partial charge is 0.235 e. The van der Waals surface area contributed by atoms with Crippen LogP contribution in [-0.2, 0) is 10.0 Å². The Bertz CT molecular complexity index is 487. The molecule has 0 radical (unpaired) electrons. The molecule has 0 unspecified atom stereocenters. The van der Waals surface area contributed by atoms with Crippen molar-refractivity contribution in [2.45, 2.75) is 27.7 Å². The molecule has 0 atom stereocenters. The molecule has 1 aromatic carbocycles. The van der Waals surface area contributed by atoms with Crippen LogP contribution in [-0.4, -0.2) is 20.7 Å². The molecule has 102 valence electrons. The summed E-state index contributed by atoms with van der Waals surface area (Å²) in [7, 11) is -3.30. The second kappa shape index (κ2) is 5.18. The molecule has 0 aliphatic carbocycles.